The molecule has 0 aliphatic heterocycles. The van der Waals surface area contributed by atoms with Gasteiger partial charge in [-0.2, -0.15) is 0 Å². The minimum absolute atomic E-state index is 0.0763. The number of furan rings is 1. The van der Waals surface area contributed by atoms with Crippen molar-refractivity contribution in [2.45, 2.75) is 24.7 Å². The van der Waals surface area contributed by atoms with Crippen LogP contribution in [0, 0.1) is 0 Å². The highest BCUT2D eigenvalue weighted by Crippen LogP contribution is 2.65. The fourth-order valence-corrected chi connectivity index (χ4v) is 11.2. The van der Waals surface area contributed by atoms with Gasteiger partial charge < -0.3 is 4.42 Å². The molecule has 0 radical (unpaired) electrons. The van der Waals surface area contributed by atoms with Crippen molar-refractivity contribution in [1.82, 2.24) is 0 Å². The molecule has 0 saturated carbocycles. The van der Waals surface area contributed by atoms with Crippen molar-refractivity contribution in [3.63, 3.8) is 0 Å². The average Bonchev–Trinajstić information content (AvgIpc) is 3.98. The van der Waals surface area contributed by atoms with Crippen LogP contribution in [-0.2, 0) is 10.8 Å². The summed E-state index contributed by atoms with van der Waals surface area (Å²) >= 11 is 0. The summed E-state index contributed by atoms with van der Waals surface area (Å²) in [7, 11) is 0. The van der Waals surface area contributed by atoms with Gasteiger partial charge in [-0.15, -0.1) is 0 Å². The van der Waals surface area contributed by atoms with Crippen LogP contribution in [0.25, 0.3) is 88.7 Å². The third-order valence-electron chi connectivity index (χ3n) is 13.9. The Morgan fingerprint density at radius 3 is 1.53 bits per heavy atom. The highest BCUT2D eigenvalue weighted by molar-refractivity contribution is 6.13. The SMILES string of the molecule is CC1(C)c2ccccc2-c2ccc(-c3ccc4c(c3)C3(c5cc(-c6ccc(-c7ccccc7)cc6)ccc5-4)c4ccccc4-c4c3ccc3c4oc4ccccc43)cc21. The van der Waals surface area contributed by atoms with Gasteiger partial charge in [-0.1, -0.05) is 184 Å². The molecule has 59 heavy (non-hydrogen) atoms. The quantitative estimate of drug-likeness (QED) is 0.175. The molecule has 1 unspecified atom stereocenters. The van der Waals surface area contributed by atoms with Crippen LogP contribution in [0.3, 0.4) is 0 Å². The van der Waals surface area contributed by atoms with Crippen molar-refractivity contribution in [1.29, 1.82) is 0 Å². The zero-order valence-corrected chi connectivity index (χ0v) is 32.9. The van der Waals surface area contributed by atoms with Crippen LogP contribution in [0.5, 0.6) is 0 Å². The van der Waals surface area contributed by atoms with E-state index in [9.17, 15) is 0 Å². The Bertz CT molecular complexity index is 3400. The maximum Gasteiger partial charge on any atom is 0.143 e. The monoisotopic (exact) mass is 750 g/mol. The fourth-order valence-electron chi connectivity index (χ4n) is 11.2. The molecule has 1 atom stereocenters. The largest absolute Gasteiger partial charge is 0.455 e. The van der Waals surface area contributed by atoms with Gasteiger partial charge in [0, 0.05) is 21.8 Å². The first-order valence-electron chi connectivity index (χ1n) is 20.7. The molecule has 276 valence electrons. The minimum atomic E-state index is -0.550. The van der Waals surface area contributed by atoms with Crippen molar-refractivity contribution < 1.29 is 4.42 Å². The molecule has 1 heterocycles. The van der Waals surface area contributed by atoms with Crippen molar-refractivity contribution in [2.24, 2.45) is 0 Å². The highest BCUT2D eigenvalue weighted by atomic mass is 16.3. The number of hydrogen-bond acceptors (Lipinski definition) is 1. The van der Waals surface area contributed by atoms with E-state index in [1.54, 1.807) is 0 Å². The first-order chi connectivity index (χ1) is 29.0. The van der Waals surface area contributed by atoms with Gasteiger partial charge in [-0.25, -0.2) is 0 Å². The second-order valence-electron chi connectivity index (χ2n) is 17.2. The van der Waals surface area contributed by atoms with Crippen molar-refractivity contribution >= 4 is 21.9 Å². The number of para-hydroxylation sites is 1. The molecule has 3 aliphatic carbocycles. The molecule has 1 heteroatoms. The number of fused-ring (bicyclic) bond motifs is 17. The van der Waals surface area contributed by atoms with Gasteiger partial charge in [0.2, 0.25) is 0 Å². The van der Waals surface area contributed by atoms with Crippen molar-refractivity contribution in [3.05, 3.63) is 228 Å². The highest BCUT2D eigenvalue weighted by Gasteiger charge is 2.53. The van der Waals surface area contributed by atoms with Gasteiger partial charge >= 0.3 is 0 Å². The maximum absolute atomic E-state index is 6.85. The van der Waals surface area contributed by atoms with Crippen LogP contribution in [0.4, 0.5) is 0 Å². The molecule has 0 amide bonds. The van der Waals surface area contributed by atoms with Gasteiger partial charge in [-0.3, -0.25) is 0 Å². The van der Waals surface area contributed by atoms with E-state index in [2.05, 4.69) is 208 Å². The van der Waals surface area contributed by atoms with Crippen LogP contribution in [0.2, 0.25) is 0 Å². The summed E-state index contributed by atoms with van der Waals surface area (Å²) in [5.74, 6) is 0. The molecular formula is C58H38O. The average molecular weight is 751 g/mol. The van der Waals surface area contributed by atoms with E-state index in [1.165, 1.54) is 100 Å². The predicted octanol–water partition coefficient (Wildman–Crippen LogP) is 15.2. The van der Waals surface area contributed by atoms with Crippen LogP contribution < -0.4 is 0 Å². The summed E-state index contributed by atoms with van der Waals surface area (Å²) in [6.07, 6.45) is 0. The first kappa shape index (κ1) is 32.8. The first-order valence-corrected chi connectivity index (χ1v) is 20.7. The Balaban J connectivity index is 1.06. The zero-order chi connectivity index (χ0) is 39.0. The third kappa shape index (κ3) is 4.29. The van der Waals surface area contributed by atoms with E-state index >= 15 is 0 Å². The van der Waals surface area contributed by atoms with E-state index in [1.807, 2.05) is 0 Å². The Morgan fingerprint density at radius 1 is 0.322 bits per heavy atom. The summed E-state index contributed by atoms with van der Waals surface area (Å²) in [4.78, 5) is 0. The maximum atomic E-state index is 6.85. The Labute approximate surface area is 343 Å². The van der Waals surface area contributed by atoms with E-state index in [0.29, 0.717) is 0 Å². The number of rotatable bonds is 3. The molecular weight excluding hydrogens is 713 g/mol. The summed E-state index contributed by atoms with van der Waals surface area (Å²) in [5, 5.41) is 2.31. The molecule has 0 saturated heterocycles. The topological polar surface area (TPSA) is 13.1 Å². The van der Waals surface area contributed by atoms with E-state index < -0.39 is 5.41 Å². The molecule has 0 N–H and O–H groups in total. The predicted molar refractivity (Wildman–Crippen MR) is 244 cm³/mol. The van der Waals surface area contributed by atoms with Gasteiger partial charge in [0.15, 0.2) is 0 Å². The van der Waals surface area contributed by atoms with E-state index in [4.69, 9.17) is 4.42 Å². The van der Waals surface area contributed by atoms with Crippen LogP contribution in [0.1, 0.15) is 47.2 Å². The van der Waals surface area contributed by atoms with Crippen LogP contribution in [0.15, 0.2) is 199 Å². The Morgan fingerprint density at radius 2 is 0.814 bits per heavy atom. The lowest BCUT2D eigenvalue weighted by atomic mass is 9.70. The molecule has 13 rings (SSSR count). The summed E-state index contributed by atoms with van der Waals surface area (Å²) < 4.78 is 6.85. The van der Waals surface area contributed by atoms with E-state index in [-0.39, 0.29) is 5.41 Å². The van der Waals surface area contributed by atoms with Gasteiger partial charge in [0.25, 0.3) is 0 Å². The van der Waals surface area contributed by atoms with Crippen LogP contribution in [-0.4, -0.2) is 0 Å². The van der Waals surface area contributed by atoms with Crippen LogP contribution >= 0.6 is 0 Å². The molecule has 1 aromatic heterocycles. The van der Waals surface area contributed by atoms with Crippen molar-refractivity contribution in [3.8, 4) is 66.8 Å². The number of hydrogen-bond donors (Lipinski definition) is 0. The summed E-state index contributed by atoms with van der Waals surface area (Å²) in [5.41, 5.74) is 24.4. The normalized spacial score (nSPS) is 16.2. The molecule has 1 nitrogen and oxygen atoms in total. The van der Waals surface area contributed by atoms with Crippen molar-refractivity contribution in [2.75, 3.05) is 0 Å². The molecule has 10 aromatic rings. The second kappa shape index (κ2) is 11.7. The molecule has 3 aliphatic rings. The molecule has 0 bridgehead atoms. The lowest BCUT2D eigenvalue weighted by molar-refractivity contribution is 0.660. The minimum Gasteiger partial charge on any atom is -0.455 e. The third-order valence-corrected chi connectivity index (χ3v) is 13.9. The van der Waals surface area contributed by atoms with E-state index in [0.717, 1.165) is 21.9 Å². The Hall–Kier alpha value is -7.22. The zero-order valence-electron chi connectivity index (χ0n) is 32.9. The lowest BCUT2D eigenvalue weighted by Gasteiger charge is -2.31. The molecule has 1 spiro atoms. The van der Waals surface area contributed by atoms with Gasteiger partial charge in [0.1, 0.15) is 11.2 Å². The van der Waals surface area contributed by atoms with Gasteiger partial charge in [0.05, 0.1) is 5.41 Å². The second-order valence-corrected chi connectivity index (χ2v) is 17.2. The molecule has 0 fully saturated rings. The summed E-state index contributed by atoms with van der Waals surface area (Å²) in [6, 6.07) is 72.4. The smallest absolute Gasteiger partial charge is 0.143 e. The fraction of sp³-hybridized carbons (Fsp3) is 0.0690. The Kier molecular flexibility index (Phi) is 6.50. The number of benzene rings is 9. The van der Waals surface area contributed by atoms with Gasteiger partial charge in [-0.05, 0) is 119 Å². The summed E-state index contributed by atoms with van der Waals surface area (Å²) in [6.45, 7) is 4.74. The molecule has 9 aromatic carbocycles. The standard InChI is InChI=1S/C58H38O/c1-57(2)48-17-9-6-14-41(48)42-27-25-39(32-51(42)57)40-26-29-44-43-28-24-38(37-22-20-36(21-23-37)35-12-4-3-5-13-35)33-52(43)58(53(44)34-40)49-18-10-7-16-47(49)55-50(58)31-30-46-45-15-8-11-19-54(45)59-56(46)55/h3-34H,1-2H3. The lowest BCUT2D eigenvalue weighted by Crippen LogP contribution is -2.26.